The predicted molar refractivity (Wildman–Crippen MR) is 228 cm³/mol. The van der Waals surface area contributed by atoms with Crippen molar-refractivity contribution >= 4 is 49.8 Å². The normalized spacial score (nSPS) is 11.3. The third-order valence-electron chi connectivity index (χ3n) is 10.5. The average Bonchev–Trinajstić information content (AvgIpc) is 3.64. The highest BCUT2D eigenvalue weighted by molar-refractivity contribution is 6.10. The number of anilines is 3. The van der Waals surface area contributed by atoms with E-state index in [1.54, 1.807) is 0 Å². The van der Waals surface area contributed by atoms with Crippen molar-refractivity contribution in [2.45, 2.75) is 0 Å². The second-order valence-corrected chi connectivity index (χ2v) is 13.7. The van der Waals surface area contributed by atoms with Crippen molar-refractivity contribution in [1.29, 1.82) is 0 Å². The summed E-state index contributed by atoms with van der Waals surface area (Å²) in [6.45, 7) is 0. The smallest absolute Gasteiger partial charge is 0.143 e. The fourth-order valence-electron chi connectivity index (χ4n) is 7.77. The van der Waals surface area contributed by atoms with Gasteiger partial charge in [0.05, 0.1) is 5.69 Å². The van der Waals surface area contributed by atoms with E-state index in [0.717, 1.165) is 55.7 Å². The Morgan fingerprint density at radius 3 is 1.69 bits per heavy atom. The molecule has 0 unspecified atom stereocenters. The van der Waals surface area contributed by atoms with Gasteiger partial charge in [-0.1, -0.05) is 170 Å². The van der Waals surface area contributed by atoms with E-state index in [2.05, 4.69) is 205 Å². The van der Waals surface area contributed by atoms with E-state index in [0.29, 0.717) is 0 Å². The van der Waals surface area contributed by atoms with Gasteiger partial charge < -0.3 is 9.32 Å². The van der Waals surface area contributed by atoms with Crippen LogP contribution >= 0.6 is 0 Å². The van der Waals surface area contributed by atoms with Crippen molar-refractivity contribution in [3.8, 4) is 44.5 Å². The third kappa shape index (κ3) is 5.71. The molecule has 0 saturated carbocycles. The first-order valence-corrected chi connectivity index (χ1v) is 18.4. The lowest BCUT2D eigenvalue weighted by Crippen LogP contribution is -2.11. The van der Waals surface area contributed by atoms with E-state index in [4.69, 9.17) is 4.42 Å². The molecule has 9 aromatic carbocycles. The van der Waals surface area contributed by atoms with Crippen LogP contribution in [0.2, 0.25) is 0 Å². The Morgan fingerprint density at radius 1 is 0.315 bits per heavy atom. The van der Waals surface area contributed by atoms with Gasteiger partial charge in [0.2, 0.25) is 0 Å². The molecule has 0 bridgehead atoms. The Bertz CT molecular complexity index is 2920. The number of hydrogen-bond donors (Lipinski definition) is 0. The summed E-state index contributed by atoms with van der Waals surface area (Å²) in [5.41, 5.74) is 14.3. The maximum Gasteiger partial charge on any atom is 0.143 e. The molecule has 0 saturated heterocycles. The van der Waals surface area contributed by atoms with Gasteiger partial charge in [-0.15, -0.1) is 0 Å². The first-order chi connectivity index (χ1) is 26.8. The van der Waals surface area contributed by atoms with Crippen molar-refractivity contribution in [2.75, 3.05) is 4.90 Å². The number of para-hydroxylation sites is 3. The monoisotopic (exact) mass is 689 g/mol. The molecular weight excluding hydrogens is 655 g/mol. The second kappa shape index (κ2) is 13.4. The molecule has 0 amide bonds. The third-order valence-corrected chi connectivity index (χ3v) is 10.5. The Hall–Kier alpha value is -7.16. The van der Waals surface area contributed by atoms with Crippen molar-refractivity contribution < 1.29 is 4.42 Å². The molecule has 2 heteroatoms. The van der Waals surface area contributed by atoms with E-state index >= 15 is 0 Å². The molecule has 10 rings (SSSR count). The summed E-state index contributed by atoms with van der Waals surface area (Å²) in [6, 6.07) is 75.9. The molecule has 0 fully saturated rings. The van der Waals surface area contributed by atoms with E-state index in [-0.39, 0.29) is 0 Å². The minimum Gasteiger partial charge on any atom is -0.455 e. The van der Waals surface area contributed by atoms with Crippen LogP contribution in [0, 0.1) is 0 Å². The molecule has 0 radical (unpaired) electrons. The molecule has 1 aromatic heterocycles. The van der Waals surface area contributed by atoms with Crippen LogP contribution < -0.4 is 4.90 Å². The van der Waals surface area contributed by atoms with Crippen LogP contribution in [0.1, 0.15) is 0 Å². The molecule has 10 aromatic rings. The number of benzene rings is 9. The quantitative estimate of drug-likeness (QED) is 0.166. The second-order valence-electron chi connectivity index (χ2n) is 13.7. The van der Waals surface area contributed by atoms with Crippen LogP contribution in [0.15, 0.2) is 217 Å². The highest BCUT2D eigenvalue weighted by atomic mass is 16.3. The van der Waals surface area contributed by atoms with Crippen molar-refractivity contribution in [2.24, 2.45) is 0 Å². The molecule has 0 spiro atoms. The minimum absolute atomic E-state index is 0.893. The predicted octanol–water partition coefficient (Wildman–Crippen LogP) is 14.9. The van der Waals surface area contributed by atoms with Crippen LogP contribution in [0.4, 0.5) is 17.1 Å². The first-order valence-electron chi connectivity index (χ1n) is 18.4. The Kier molecular flexibility index (Phi) is 7.85. The number of fused-ring (bicyclic) bond motifs is 4. The zero-order valence-electron chi connectivity index (χ0n) is 29.6. The highest BCUT2D eigenvalue weighted by Crippen LogP contribution is 2.45. The number of hydrogen-bond acceptors (Lipinski definition) is 2. The van der Waals surface area contributed by atoms with Gasteiger partial charge in [0.15, 0.2) is 0 Å². The van der Waals surface area contributed by atoms with Crippen LogP contribution in [0.5, 0.6) is 0 Å². The van der Waals surface area contributed by atoms with Gasteiger partial charge in [0.25, 0.3) is 0 Å². The van der Waals surface area contributed by atoms with Gasteiger partial charge in [-0.05, 0) is 86.6 Å². The molecule has 0 atom stereocenters. The summed E-state index contributed by atoms with van der Waals surface area (Å²) in [5.74, 6) is 0. The Morgan fingerprint density at radius 2 is 0.870 bits per heavy atom. The lowest BCUT2D eigenvalue weighted by molar-refractivity contribution is 0.670. The molecule has 0 N–H and O–H groups in total. The van der Waals surface area contributed by atoms with E-state index in [9.17, 15) is 0 Å². The van der Waals surface area contributed by atoms with Gasteiger partial charge in [-0.3, -0.25) is 0 Å². The largest absolute Gasteiger partial charge is 0.455 e. The Labute approximate surface area is 314 Å². The molecule has 2 nitrogen and oxygen atoms in total. The summed E-state index contributed by atoms with van der Waals surface area (Å²) < 4.78 is 6.58. The average molecular weight is 690 g/mol. The zero-order valence-corrected chi connectivity index (χ0v) is 29.6. The number of furan rings is 1. The minimum atomic E-state index is 0.893. The Balaban J connectivity index is 1.11. The topological polar surface area (TPSA) is 16.4 Å². The molecule has 254 valence electrons. The lowest BCUT2D eigenvalue weighted by Gasteiger charge is -2.28. The summed E-state index contributed by atoms with van der Waals surface area (Å²) in [6.07, 6.45) is 0. The first kappa shape index (κ1) is 31.6. The fraction of sp³-hybridized carbons (Fsp3) is 0. The SMILES string of the molecule is c1ccc(-c2ccc(-c3ccc(N(c4cccc(-c5ccc6ccccc6c5)c4)c4ccccc4-c4cccc5c4oc4ccccc45)cc3)cc2)cc1. The highest BCUT2D eigenvalue weighted by Gasteiger charge is 2.21. The van der Waals surface area contributed by atoms with Gasteiger partial charge in [0.1, 0.15) is 11.2 Å². The number of nitrogens with zero attached hydrogens (tertiary/aromatic N) is 1. The van der Waals surface area contributed by atoms with Crippen LogP contribution in [-0.4, -0.2) is 0 Å². The van der Waals surface area contributed by atoms with Gasteiger partial charge in [0, 0.05) is 33.3 Å². The summed E-state index contributed by atoms with van der Waals surface area (Å²) in [5, 5.41) is 4.71. The van der Waals surface area contributed by atoms with E-state index in [1.807, 2.05) is 12.1 Å². The summed E-state index contributed by atoms with van der Waals surface area (Å²) in [4.78, 5) is 2.38. The fourth-order valence-corrected chi connectivity index (χ4v) is 7.77. The van der Waals surface area contributed by atoms with Gasteiger partial charge >= 0.3 is 0 Å². The van der Waals surface area contributed by atoms with Crippen molar-refractivity contribution in [3.63, 3.8) is 0 Å². The molecule has 0 aliphatic rings. The maximum absolute atomic E-state index is 6.58. The van der Waals surface area contributed by atoms with Crippen molar-refractivity contribution in [1.82, 2.24) is 0 Å². The summed E-state index contributed by atoms with van der Waals surface area (Å²) in [7, 11) is 0. The molecule has 0 aliphatic carbocycles. The van der Waals surface area contributed by atoms with Crippen LogP contribution in [-0.2, 0) is 0 Å². The van der Waals surface area contributed by atoms with E-state index in [1.165, 1.54) is 38.6 Å². The lowest BCUT2D eigenvalue weighted by atomic mass is 9.97. The molecule has 1 heterocycles. The maximum atomic E-state index is 6.58. The number of rotatable bonds is 7. The van der Waals surface area contributed by atoms with Gasteiger partial charge in [-0.25, -0.2) is 0 Å². The van der Waals surface area contributed by atoms with Crippen LogP contribution in [0.25, 0.3) is 77.2 Å². The molecule has 0 aliphatic heterocycles. The van der Waals surface area contributed by atoms with Gasteiger partial charge in [-0.2, -0.15) is 0 Å². The van der Waals surface area contributed by atoms with Crippen molar-refractivity contribution in [3.05, 3.63) is 212 Å². The zero-order chi connectivity index (χ0) is 35.8. The van der Waals surface area contributed by atoms with Crippen LogP contribution in [0.3, 0.4) is 0 Å². The molecular formula is C52H35NO. The standard InChI is InChI=1S/C52H35NO/c1-2-12-36(13-3-1)38-24-26-39(27-25-38)40-30-32-44(33-31-40)53(45-17-10-16-42(35-45)43-29-28-37-14-4-5-15-41(37)34-43)50-22-8-6-18-46(50)48-20-11-21-49-47-19-7-9-23-51(47)54-52(48)49/h1-35H. The van der Waals surface area contributed by atoms with E-state index < -0.39 is 0 Å². The summed E-state index contributed by atoms with van der Waals surface area (Å²) >= 11 is 0. The molecule has 54 heavy (non-hydrogen) atoms.